The van der Waals surface area contributed by atoms with E-state index in [0.29, 0.717) is 25.9 Å². The molecule has 1 aromatic carbocycles. The minimum Gasteiger partial charge on any atom is -0.369 e. The molecule has 0 aliphatic carbocycles. The highest BCUT2D eigenvalue weighted by Gasteiger charge is 2.46. The van der Waals surface area contributed by atoms with E-state index in [1.54, 1.807) is 6.07 Å². The third-order valence-corrected chi connectivity index (χ3v) is 4.74. The Morgan fingerprint density at radius 3 is 2.57 bits per heavy atom. The first-order chi connectivity index (χ1) is 11.0. The van der Waals surface area contributed by atoms with Crippen molar-refractivity contribution in [3.63, 3.8) is 0 Å². The van der Waals surface area contributed by atoms with Crippen molar-refractivity contribution in [2.45, 2.75) is 25.3 Å². The van der Waals surface area contributed by atoms with E-state index < -0.39 is 11.9 Å². The molecule has 2 saturated heterocycles. The minimum absolute atomic E-state index is 0.117. The van der Waals surface area contributed by atoms with Gasteiger partial charge in [0.2, 0.25) is 11.8 Å². The monoisotopic (exact) mass is 320 g/mol. The third-order valence-electron chi connectivity index (χ3n) is 4.74. The molecule has 1 atom stereocenters. The number of anilines is 1. The molecule has 1 aromatic rings. The lowest BCUT2D eigenvalue weighted by molar-refractivity contribution is -0.920. The number of rotatable bonds is 3. The quantitative estimate of drug-likeness (QED) is 0.718. The second kappa shape index (κ2) is 6.08. The summed E-state index contributed by atoms with van der Waals surface area (Å²) < 4.78 is 13.3. The fourth-order valence-corrected chi connectivity index (χ4v) is 3.46. The average molecular weight is 320 g/mol. The molecule has 0 aromatic heterocycles. The first-order valence-electron chi connectivity index (χ1n) is 7.73. The zero-order valence-corrected chi connectivity index (χ0v) is 12.6. The van der Waals surface area contributed by atoms with Crippen molar-refractivity contribution < 1.29 is 23.7 Å². The summed E-state index contributed by atoms with van der Waals surface area (Å²) in [6, 6.07) is 5.03. The number of nitrogens with two attached hydrogens (primary N) is 1. The molecular formula is C16H19FN3O3+. The van der Waals surface area contributed by atoms with Crippen LogP contribution < -0.4 is 15.5 Å². The molecular weight excluding hydrogens is 301 g/mol. The van der Waals surface area contributed by atoms with Gasteiger partial charge in [0.1, 0.15) is 5.82 Å². The third kappa shape index (κ3) is 2.96. The highest BCUT2D eigenvalue weighted by Crippen LogP contribution is 2.23. The van der Waals surface area contributed by atoms with Crippen molar-refractivity contribution in [3.05, 3.63) is 30.1 Å². The van der Waals surface area contributed by atoms with Crippen LogP contribution >= 0.6 is 0 Å². The summed E-state index contributed by atoms with van der Waals surface area (Å²) in [4.78, 5) is 38.1. The molecule has 0 bridgehead atoms. The van der Waals surface area contributed by atoms with Gasteiger partial charge in [-0.2, -0.15) is 0 Å². The number of nitrogens with one attached hydrogen (secondary N) is 1. The lowest BCUT2D eigenvalue weighted by atomic mass is 9.95. The van der Waals surface area contributed by atoms with E-state index in [-0.39, 0.29) is 35.7 Å². The second-order valence-electron chi connectivity index (χ2n) is 6.14. The van der Waals surface area contributed by atoms with Gasteiger partial charge in [0.15, 0.2) is 6.04 Å². The fraction of sp³-hybridized carbons (Fsp3) is 0.438. The summed E-state index contributed by atoms with van der Waals surface area (Å²) in [7, 11) is 0. The maximum Gasteiger partial charge on any atom is 0.292 e. The summed E-state index contributed by atoms with van der Waals surface area (Å²) in [5.41, 5.74) is 5.59. The van der Waals surface area contributed by atoms with E-state index in [0.717, 1.165) is 9.80 Å². The number of amides is 3. The summed E-state index contributed by atoms with van der Waals surface area (Å²) in [6.45, 7) is 1.27. The number of imide groups is 1. The molecule has 23 heavy (non-hydrogen) atoms. The number of likely N-dealkylation sites (tertiary alicyclic amines) is 1. The Morgan fingerprint density at radius 1 is 1.26 bits per heavy atom. The van der Waals surface area contributed by atoms with Crippen molar-refractivity contribution in [2.24, 2.45) is 11.7 Å². The molecule has 2 fully saturated rings. The molecule has 122 valence electrons. The minimum atomic E-state index is -0.485. The number of hydrogen-bond acceptors (Lipinski definition) is 3. The highest BCUT2D eigenvalue weighted by molar-refractivity contribution is 6.21. The number of benzene rings is 1. The molecule has 0 unspecified atom stereocenters. The van der Waals surface area contributed by atoms with E-state index in [2.05, 4.69) is 0 Å². The lowest BCUT2D eigenvalue weighted by Crippen LogP contribution is -3.17. The average Bonchev–Trinajstić information content (AvgIpc) is 2.82. The summed E-state index contributed by atoms with van der Waals surface area (Å²) in [6.07, 6.45) is 1.37. The Balaban J connectivity index is 1.73. The SMILES string of the molecule is NC(=O)C1CC[NH+]([C@H]2CC(=O)N(c3cccc(F)c3)C2=O)CC1. The largest absolute Gasteiger partial charge is 0.369 e. The topological polar surface area (TPSA) is 84.9 Å². The van der Waals surface area contributed by atoms with E-state index in [1.807, 2.05) is 0 Å². The van der Waals surface area contributed by atoms with E-state index in [9.17, 15) is 18.8 Å². The highest BCUT2D eigenvalue weighted by atomic mass is 19.1. The number of carbonyl (C=O) groups excluding carboxylic acids is 3. The number of hydrogen-bond donors (Lipinski definition) is 2. The van der Waals surface area contributed by atoms with Crippen LogP contribution in [0, 0.1) is 11.7 Å². The Bertz CT molecular complexity index is 656. The normalized spacial score (nSPS) is 28.2. The van der Waals surface area contributed by atoms with Crippen LogP contribution in [0.3, 0.4) is 0 Å². The van der Waals surface area contributed by atoms with Gasteiger partial charge in [-0.3, -0.25) is 14.4 Å². The summed E-state index contributed by atoms with van der Waals surface area (Å²) in [5, 5.41) is 0. The molecule has 0 saturated carbocycles. The summed E-state index contributed by atoms with van der Waals surface area (Å²) in [5.74, 6) is -1.55. The Kier molecular flexibility index (Phi) is 4.12. The van der Waals surface area contributed by atoms with Gasteiger partial charge in [0, 0.05) is 18.8 Å². The van der Waals surface area contributed by atoms with Crippen LogP contribution in [0.1, 0.15) is 19.3 Å². The number of nitrogens with zero attached hydrogens (tertiary/aromatic N) is 1. The Morgan fingerprint density at radius 2 is 1.96 bits per heavy atom. The fourth-order valence-electron chi connectivity index (χ4n) is 3.46. The van der Waals surface area contributed by atoms with Crippen LogP contribution in [0.4, 0.5) is 10.1 Å². The van der Waals surface area contributed by atoms with Crippen LogP contribution in [0.15, 0.2) is 24.3 Å². The molecule has 0 spiro atoms. The van der Waals surface area contributed by atoms with Crippen molar-refractivity contribution >= 4 is 23.4 Å². The standard InChI is InChI=1S/C16H18FN3O3/c17-11-2-1-3-12(8-11)20-14(21)9-13(16(20)23)19-6-4-10(5-7-19)15(18)22/h1-3,8,10,13H,4-7,9H2,(H2,18,22)/p+1/t13-/m0/s1. The lowest BCUT2D eigenvalue weighted by Gasteiger charge is -2.30. The molecule has 2 aliphatic rings. The number of quaternary nitrogens is 1. The molecule has 6 nitrogen and oxygen atoms in total. The van der Waals surface area contributed by atoms with Gasteiger partial charge >= 0.3 is 0 Å². The van der Waals surface area contributed by atoms with Crippen LogP contribution in [0.5, 0.6) is 0 Å². The van der Waals surface area contributed by atoms with Crippen molar-refractivity contribution in [1.29, 1.82) is 0 Å². The zero-order valence-electron chi connectivity index (χ0n) is 12.6. The molecule has 2 heterocycles. The van der Waals surface area contributed by atoms with E-state index in [1.165, 1.54) is 18.2 Å². The molecule has 3 rings (SSSR count). The number of halogens is 1. The van der Waals surface area contributed by atoms with E-state index >= 15 is 0 Å². The number of primary amides is 1. The Hall–Kier alpha value is -2.28. The van der Waals surface area contributed by atoms with E-state index in [4.69, 9.17) is 5.73 Å². The van der Waals surface area contributed by atoms with Crippen LogP contribution in [-0.4, -0.2) is 36.9 Å². The molecule has 7 heteroatoms. The Labute approximate surface area is 133 Å². The smallest absolute Gasteiger partial charge is 0.292 e. The van der Waals surface area contributed by atoms with Gasteiger partial charge in [0.05, 0.1) is 25.2 Å². The first-order valence-corrected chi connectivity index (χ1v) is 7.73. The predicted molar refractivity (Wildman–Crippen MR) is 79.9 cm³/mol. The van der Waals surface area contributed by atoms with Crippen LogP contribution in [0.25, 0.3) is 0 Å². The molecule has 3 N–H and O–H groups in total. The molecule has 0 radical (unpaired) electrons. The summed E-state index contributed by atoms with van der Waals surface area (Å²) >= 11 is 0. The van der Waals surface area contributed by atoms with Crippen LogP contribution in [0.2, 0.25) is 0 Å². The maximum absolute atomic E-state index is 13.3. The van der Waals surface area contributed by atoms with Crippen molar-refractivity contribution in [1.82, 2.24) is 0 Å². The van der Waals surface area contributed by atoms with Crippen molar-refractivity contribution in [2.75, 3.05) is 18.0 Å². The number of carbonyl (C=O) groups is 3. The molecule has 3 amide bonds. The van der Waals surface area contributed by atoms with Crippen LogP contribution in [-0.2, 0) is 14.4 Å². The van der Waals surface area contributed by atoms with Gasteiger partial charge < -0.3 is 10.6 Å². The van der Waals surface area contributed by atoms with Gasteiger partial charge in [-0.15, -0.1) is 0 Å². The number of piperidine rings is 1. The maximum atomic E-state index is 13.3. The predicted octanol–water partition coefficient (Wildman–Crippen LogP) is -0.762. The van der Waals surface area contributed by atoms with Gasteiger partial charge in [-0.25, -0.2) is 9.29 Å². The van der Waals surface area contributed by atoms with Gasteiger partial charge in [0.25, 0.3) is 5.91 Å². The van der Waals surface area contributed by atoms with Gasteiger partial charge in [-0.1, -0.05) is 6.07 Å². The van der Waals surface area contributed by atoms with Gasteiger partial charge in [-0.05, 0) is 18.2 Å². The van der Waals surface area contributed by atoms with Crippen molar-refractivity contribution in [3.8, 4) is 0 Å². The first kappa shape index (κ1) is 15.6. The zero-order chi connectivity index (χ0) is 16.6. The second-order valence-corrected chi connectivity index (χ2v) is 6.14. The molecule has 2 aliphatic heterocycles.